The molecule has 1 aromatic rings. The Hall–Kier alpha value is -1.02. The quantitative estimate of drug-likeness (QED) is 0.856. The highest BCUT2D eigenvalue weighted by Gasteiger charge is 2.28. The molecular weight excluding hydrogens is 220 g/mol. The Morgan fingerprint density at radius 2 is 1.83 bits per heavy atom. The third-order valence-corrected chi connectivity index (χ3v) is 4.64. The van der Waals surface area contributed by atoms with E-state index in [1.807, 2.05) is 0 Å². The Morgan fingerprint density at radius 1 is 1.06 bits per heavy atom. The molecule has 0 saturated heterocycles. The van der Waals surface area contributed by atoms with E-state index in [0.29, 0.717) is 6.04 Å². The Labute approximate surface area is 110 Å². The molecule has 1 aromatic carbocycles. The van der Waals surface area contributed by atoms with Crippen LogP contribution >= 0.6 is 0 Å². The highest BCUT2D eigenvalue weighted by atomic mass is 15.2. The van der Waals surface area contributed by atoms with Crippen LogP contribution in [0.1, 0.15) is 50.1 Å². The Balaban J connectivity index is 1.88. The second-order valence-corrected chi connectivity index (χ2v) is 5.67. The fraction of sp³-hybridized carbons (Fsp3) is 0.625. The number of para-hydroxylation sites is 1. The van der Waals surface area contributed by atoms with Crippen molar-refractivity contribution in [3.05, 3.63) is 29.8 Å². The van der Waals surface area contributed by atoms with Crippen LogP contribution in [0.25, 0.3) is 0 Å². The summed E-state index contributed by atoms with van der Waals surface area (Å²) in [6.07, 6.45) is 8.28. The van der Waals surface area contributed by atoms with E-state index < -0.39 is 0 Å². The van der Waals surface area contributed by atoms with Crippen molar-refractivity contribution in [1.82, 2.24) is 5.32 Å². The molecule has 1 N–H and O–H groups in total. The van der Waals surface area contributed by atoms with Gasteiger partial charge in [-0.2, -0.15) is 0 Å². The summed E-state index contributed by atoms with van der Waals surface area (Å²) in [4.78, 5) is 2.68. The molecule has 0 spiro atoms. The number of hydrogen-bond acceptors (Lipinski definition) is 2. The molecule has 2 nitrogen and oxygen atoms in total. The van der Waals surface area contributed by atoms with Gasteiger partial charge in [0.05, 0.1) is 0 Å². The molecule has 1 saturated carbocycles. The molecule has 2 heteroatoms. The Morgan fingerprint density at radius 3 is 2.61 bits per heavy atom. The molecule has 1 fully saturated rings. The van der Waals surface area contributed by atoms with Gasteiger partial charge in [-0.15, -0.1) is 0 Å². The maximum atomic E-state index is 3.46. The second-order valence-electron chi connectivity index (χ2n) is 5.67. The van der Waals surface area contributed by atoms with Crippen molar-refractivity contribution in [2.24, 2.45) is 0 Å². The van der Waals surface area contributed by atoms with Crippen molar-refractivity contribution < 1.29 is 0 Å². The van der Waals surface area contributed by atoms with Crippen molar-refractivity contribution in [3.8, 4) is 0 Å². The van der Waals surface area contributed by atoms with Crippen LogP contribution in [0.3, 0.4) is 0 Å². The van der Waals surface area contributed by atoms with Crippen LogP contribution in [0.15, 0.2) is 24.3 Å². The van der Waals surface area contributed by atoms with Crippen LogP contribution in [0, 0.1) is 0 Å². The number of fused-ring (bicyclic) bond motifs is 1. The molecule has 18 heavy (non-hydrogen) atoms. The molecule has 2 aliphatic rings. The first-order valence-electron chi connectivity index (χ1n) is 7.43. The molecule has 1 unspecified atom stereocenters. The predicted molar refractivity (Wildman–Crippen MR) is 77.1 cm³/mol. The number of rotatable bonds is 2. The largest absolute Gasteiger partial charge is 0.368 e. The minimum Gasteiger partial charge on any atom is -0.368 e. The standard InChI is InChI=1S/C16H24N2/c1-17-15-11-12-18(13-7-3-2-4-8-13)16-10-6-5-9-14(15)16/h5-6,9-10,13,15,17H,2-4,7-8,11-12H2,1H3. The van der Waals surface area contributed by atoms with Gasteiger partial charge in [-0.25, -0.2) is 0 Å². The first-order chi connectivity index (χ1) is 8.90. The van der Waals surface area contributed by atoms with Crippen molar-refractivity contribution in [3.63, 3.8) is 0 Å². The average Bonchev–Trinajstić information content (AvgIpc) is 2.47. The average molecular weight is 244 g/mol. The summed E-state index contributed by atoms with van der Waals surface area (Å²) in [5, 5.41) is 3.46. The van der Waals surface area contributed by atoms with E-state index in [1.54, 1.807) is 0 Å². The van der Waals surface area contributed by atoms with E-state index in [0.717, 1.165) is 6.04 Å². The van der Waals surface area contributed by atoms with E-state index in [1.165, 1.54) is 56.3 Å². The molecule has 0 bridgehead atoms. The van der Waals surface area contributed by atoms with Gasteiger partial charge in [-0.05, 0) is 37.9 Å². The van der Waals surface area contributed by atoms with Crippen molar-refractivity contribution in [2.75, 3.05) is 18.5 Å². The summed E-state index contributed by atoms with van der Waals surface area (Å²) >= 11 is 0. The smallest absolute Gasteiger partial charge is 0.0417 e. The van der Waals surface area contributed by atoms with Gasteiger partial charge in [-0.1, -0.05) is 37.5 Å². The lowest BCUT2D eigenvalue weighted by Crippen LogP contribution is -2.42. The van der Waals surface area contributed by atoms with Gasteiger partial charge in [0.2, 0.25) is 0 Å². The molecule has 1 aliphatic carbocycles. The molecule has 1 aliphatic heterocycles. The van der Waals surface area contributed by atoms with Crippen LogP contribution in [-0.4, -0.2) is 19.6 Å². The van der Waals surface area contributed by atoms with E-state index in [-0.39, 0.29) is 0 Å². The number of nitrogens with one attached hydrogen (secondary N) is 1. The Bertz CT molecular complexity index is 396. The number of hydrogen-bond donors (Lipinski definition) is 1. The van der Waals surface area contributed by atoms with Crippen molar-refractivity contribution in [1.29, 1.82) is 0 Å². The van der Waals surface area contributed by atoms with E-state index >= 15 is 0 Å². The van der Waals surface area contributed by atoms with E-state index in [9.17, 15) is 0 Å². The monoisotopic (exact) mass is 244 g/mol. The maximum Gasteiger partial charge on any atom is 0.0417 e. The van der Waals surface area contributed by atoms with Gasteiger partial charge < -0.3 is 10.2 Å². The van der Waals surface area contributed by atoms with Crippen LogP contribution in [-0.2, 0) is 0 Å². The van der Waals surface area contributed by atoms with Crippen molar-refractivity contribution >= 4 is 5.69 Å². The van der Waals surface area contributed by atoms with Gasteiger partial charge in [0.15, 0.2) is 0 Å². The lowest BCUT2D eigenvalue weighted by atomic mass is 9.89. The van der Waals surface area contributed by atoms with Gasteiger partial charge >= 0.3 is 0 Å². The molecule has 3 rings (SSSR count). The van der Waals surface area contributed by atoms with Crippen LogP contribution in [0.2, 0.25) is 0 Å². The third kappa shape index (κ3) is 2.14. The topological polar surface area (TPSA) is 15.3 Å². The second kappa shape index (κ2) is 5.31. The van der Waals surface area contributed by atoms with Gasteiger partial charge in [0.25, 0.3) is 0 Å². The van der Waals surface area contributed by atoms with Gasteiger partial charge in [0, 0.05) is 24.3 Å². The van der Waals surface area contributed by atoms with E-state index in [4.69, 9.17) is 0 Å². The third-order valence-electron chi connectivity index (χ3n) is 4.64. The maximum absolute atomic E-state index is 3.46. The van der Waals surface area contributed by atoms with Gasteiger partial charge in [-0.3, -0.25) is 0 Å². The van der Waals surface area contributed by atoms with Crippen LogP contribution in [0.4, 0.5) is 5.69 Å². The molecule has 1 heterocycles. The normalized spacial score (nSPS) is 24.9. The molecule has 0 amide bonds. The molecule has 1 atom stereocenters. The summed E-state index contributed by atoms with van der Waals surface area (Å²) < 4.78 is 0. The summed E-state index contributed by atoms with van der Waals surface area (Å²) in [6, 6.07) is 10.3. The number of benzene rings is 1. The first-order valence-corrected chi connectivity index (χ1v) is 7.43. The molecule has 98 valence electrons. The lowest BCUT2D eigenvalue weighted by molar-refractivity contribution is 0.393. The van der Waals surface area contributed by atoms with E-state index in [2.05, 4.69) is 41.5 Å². The van der Waals surface area contributed by atoms with Crippen molar-refractivity contribution in [2.45, 2.75) is 50.6 Å². The Kier molecular flexibility index (Phi) is 3.55. The SMILES string of the molecule is CNC1CCN(C2CCCCC2)c2ccccc21. The van der Waals surface area contributed by atoms with Crippen LogP contribution in [0.5, 0.6) is 0 Å². The first kappa shape index (κ1) is 12.0. The number of nitrogens with zero attached hydrogens (tertiary/aromatic N) is 1. The minimum atomic E-state index is 0.543. The molecule has 0 aromatic heterocycles. The zero-order valence-electron chi connectivity index (χ0n) is 11.4. The predicted octanol–water partition coefficient (Wildman–Crippen LogP) is 3.49. The molecular formula is C16H24N2. The highest BCUT2D eigenvalue weighted by molar-refractivity contribution is 5.57. The summed E-state index contributed by atoms with van der Waals surface area (Å²) in [6.45, 7) is 1.22. The fourth-order valence-electron chi connectivity index (χ4n) is 3.66. The lowest BCUT2D eigenvalue weighted by Gasteiger charge is -2.42. The zero-order valence-corrected chi connectivity index (χ0v) is 11.4. The zero-order chi connectivity index (χ0) is 12.4. The summed E-state index contributed by atoms with van der Waals surface area (Å²) in [5.41, 5.74) is 2.98. The van der Waals surface area contributed by atoms with Crippen LogP contribution < -0.4 is 10.2 Å². The minimum absolute atomic E-state index is 0.543. The fourth-order valence-corrected chi connectivity index (χ4v) is 3.66. The highest BCUT2D eigenvalue weighted by Crippen LogP contribution is 2.37. The molecule has 0 radical (unpaired) electrons. The summed E-state index contributed by atoms with van der Waals surface area (Å²) in [5.74, 6) is 0. The summed E-state index contributed by atoms with van der Waals surface area (Å²) in [7, 11) is 2.08. The van der Waals surface area contributed by atoms with Gasteiger partial charge in [0.1, 0.15) is 0 Å². The number of anilines is 1.